The van der Waals surface area contributed by atoms with Crippen molar-refractivity contribution in [1.82, 2.24) is 15.3 Å². The molecule has 6 aromatic rings. The standard InChI is InChI=1S/C42H38N4O5S/c47-27-29-13-15-31(16-14-29)39-25-38(28-52-42-43-21-6-22-44-42)50-40(51-39)34-10-5-9-33(24-34)32-8-4-7-30(23-32)26-45-41(48)46-35-17-19-37(20-18-35)49-36-11-2-1-3-12-36/h1-24,38-40,47H,25-28H2,(H2,45,46,48)/t38-,39+,40+/m0/s1. The Morgan fingerprint density at radius 3 is 2.25 bits per heavy atom. The largest absolute Gasteiger partial charge is 0.457 e. The number of carbonyl (C=O) groups is 1. The molecule has 0 aliphatic carbocycles. The average molecular weight is 711 g/mol. The van der Waals surface area contributed by atoms with E-state index in [9.17, 15) is 9.90 Å². The number of thioether (sulfide) groups is 1. The highest BCUT2D eigenvalue weighted by atomic mass is 32.2. The highest BCUT2D eigenvalue weighted by Gasteiger charge is 2.32. The Balaban J connectivity index is 0.999. The molecule has 5 aromatic carbocycles. The zero-order chi connectivity index (χ0) is 35.5. The molecule has 1 aliphatic rings. The predicted octanol–water partition coefficient (Wildman–Crippen LogP) is 9.09. The summed E-state index contributed by atoms with van der Waals surface area (Å²) in [5.74, 6) is 2.11. The third-order valence-electron chi connectivity index (χ3n) is 8.52. The molecule has 7 rings (SSSR count). The van der Waals surface area contributed by atoms with E-state index in [0.717, 1.165) is 39.1 Å². The number of carbonyl (C=O) groups excluding carboxylic acids is 1. The fourth-order valence-corrected chi connectivity index (χ4v) is 6.68. The molecule has 3 N–H and O–H groups in total. The lowest BCUT2D eigenvalue weighted by Crippen LogP contribution is -2.31. The van der Waals surface area contributed by atoms with Gasteiger partial charge in [-0.05, 0) is 82.4 Å². The van der Waals surface area contributed by atoms with Crippen molar-refractivity contribution in [3.8, 4) is 22.6 Å². The van der Waals surface area contributed by atoms with Crippen molar-refractivity contribution in [2.45, 2.75) is 43.2 Å². The number of urea groups is 1. The SMILES string of the molecule is O=C(NCc1cccc(-c2cccc([C@@H]3O[C@H](CSc4ncccn4)C[C@H](c4ccc(CO)cc4)O3)c2)c1)Nc1ccc(Oc2ccccc2)cc1. The van der Waals surface area contributed by atoms with Crippen molar-refractivity contribution in [2.24, 2.45) is 0 Å². The van der Waals surface area contributed by atoms with Gasteiger partial charge in [0, 0.05) is 42.4 Å². The zero-order valence-corrected chi connectivity index (χ0v) is 29.1. The topological polar surface area (TPSA) is 115 Å². The molecule has 2 heterocycles. The second-order valence-corrected chi connectivity index (χ2v) is 13.3. The van der Waals surface area contributed by atoms with Gasteiger partial charge in [0.25, 0.3) is 0 Å². The molecule has 1 aliphatic heterocycles. The minimum absolute atomic E-state index is 0.00832. The molecule has 1 fully saturated rings. The monoisotopic (exact) mass is 710 g/mol. The van der Waals surface area contributed by atoms with Crippen molar-refractivity contribution in [1.29, 1.82) is 0 Å². The van der Waals surface area contributed by atoms with Gasteiger partial charge in [-0.25, -0.2) is 14.8 Å². The fraction of sp³-hybridized carbons (Fsp3) is 0.167. The van der Waals surface area contributed by atoms with Gasteiger partial charge in [0.1, 0.15) is 11.5 Å². The number of aromatic nitrogens is 2. The Kier molecular flexibility index (Phi) is 11.5. The van der Waals surface area contributed by atoms with Crippen LogP contribution in [0, 0.1) is 0 Å². The van der Waals surface area contributed by atoms with Gasteiger partial charge in [-0.15, -0.1) is 0 Å². The summed E-state index contributed by atoms with van der Waals surface area (Å²) in [5.41, 5.74) is 6.43. The highest BCUT2D eigenvalue weighted by Crippen LogP contribution is 2.40. The summed E-state index contributed by atoms with van der Waals surface area (Å²) in [6.45, 7) is 0.344. The Morgan fingerprint density at radius 1 is 0.750 bits per heavy atom. The van der Waals surface area contributed by atoms with Crippen LogP contribution in [-0.4, -0.2) is 33.0 Å². The van der Waals surface area contributed by atoms with Crippen molar-refractivity contribution >= 4 is 23.5 Å². The van der Waals surface area contributed by atoms with Gasteiger partial charge in [0.2, 0.25) is 0 Å². The van der Waals surface area contributed by atoms with Crippen LogP contribution in [0.2, 0.25) is 0 Å². The Morgan fingerprint density at radius 2 is 1.48 bits per heavy atom. The van der Waals surface area contributed by atoms with Gasteiger partial charge < -0.3 is 30.0 Å². The molecule has 9 nitrogen and oxygen atoms in total. The molecule has 3 atom stereocenters. The predicted molar refractivity (Wildman–Crippen MR) is 202 cm³/mol. The first-order valence-corrected chi connectivity index (χ1v) is 18.0. The number of hydrogen-bond donors (Lipinski definition) is 3. The van der Waals surface area contributed by atoms with E-state index in [4.69, 9.17) is 14.2 Å². The van der Waals surface area contributed by atoms with Crippen LogP contribution in [0.5, 0.6) is 11.5 Å². The van der Waals surface area contributed by atoms with Crippen LogP contribution in [0.4, 0.5) is 10.5 Å². The quantitative estimate of drug-likeness (QED) is 0.0852. The van der Waals surface area contributed by atoms with Gasteiger partial charge in [-0.2, -0.15) is 0 Å². The molecule has 0 spiro atoms. The normalized spacial score (nSPS) is 16.9. The van der Waals surface area contributed by atoms with Gasteiger partial charge in [0.15, 0.2) is 11.4 Å². The number of ether oxygens (including phenoxy) is 3. The lowest BCUT2D eigenvalue weighted by molar-refractivity contribution is -0.245. The minimum Gasteiger partial charge on any atom is -0.457 e. The summed E-state index contributed by atoms with van der Waals surface area (Å²) >= 11 is 1.56. The molecule has 0 radical (unpaired) electrons. The lowest BCUT2D eigenvalue weighted by atomic mass is 9.99. The van der Waals surface area contributed by atoms with E-state index in [2.05, 4.69) is 44.9 Å². The molecule has 0 unspecified atom stereocenters. The smallest absolute Gasteiger partial charge is 0.319 e. The van der Waals surface area contributed by atoms with E-state index < -0.39 is 6.29 Å². The maximum absolute atomic E-state index is 12.8. The van der Waals surface area contributed by atoms with E-state index in [1.807, 2.05) is 91.0 Å². The van der Waals surface area contributed by atoms with E-state index >= 15 is 0 Å². The first kappa shape index (κ1) is 34.9. The third kappa shape index (κ3) is 9.42. The molecule has 262 valence electrons. The molecular weight excluding hydrogens is 673 g/mol. The van der Waals surface area contributed by atoms with Crippen LogP contribution in [0.25, 0.3) is 11.1 Å². The van der Waals surface area contributed by atoms with E-state index in [-0.39, 0.29) is 24.8 Å². The number of anilines is 1. The van der Waals surface area contributed by atoms with E-state index in [1.165, 1.54) is 0 Å². The van der Waals surface area contributed by atoms with Gasteiger partial charge >= 0.3 is 6.03 Å². The van der Waals surface area contributed by atoms with Crippen LogP contribution >= 0.6 is 11.8 Å². The Hall–Kier alpha value is -5.52. The number of para-hydroxylation sites is 1. The van der Waals surface area contributed by atoms with Crippen LogP contribution in [0.3, 0.4) is 0 Å². The number of nitrogens with zero attached hydrogens (tertiary/aromatic N) is 2. The second-order valence-electron chi connectivity index (χ2n) is 12.3. The van der Waals surface area contributed by atoms with E-state index in [0.29, 0.717) is 35.3 Å². The molecule has 10 heteroatoms. The van der Waals surface area contributed by atoms with Gasteiger partial charge in [0.05, 0.1) is 18.8 Å². The number of benzene rings is 5. The number of aliphatic hydroxyl groups is 1. The average Bonchev–Trinajstić information content (AvgIpc) is 3.21. The summed E-state index contributed by atoms with van der Waals surface area (Å²) in [6, 6.07) is 42.4. The van der Waals surface area contributed by atoms with Crippen molar-refractivity contribution < 1.29 is 24.1 Å². The number of nitrogens with one attached hydrogen (secondary N) is 2. The van der Waals surface area contributed by atoms with Gasteiger partial charge in [-0.3, -0.25) is 0 Å². The molecule has 0 bridgehead atoms. The molecule has 52 heavy (non-hydrogen) atoms. The van der Waals surface area contributed by atoms with Crippen LogP contribution in [-0.2, 0) is 22.6 Å². The number of hydrogen-bond acceptors (Lipinski definition) is 8. The summed E-state index contributed by atoms with van der Waals surface area (Å²) in [6.07, 6.45) is 3.25. The van der Waals surface area contributed by atoms with Crippen LogP contribution in [0.15, 0.2) is 151 Å². The highest BCUT2D eigenvalue weighted by molar-refractivity contribution is 7.99. The molecule has 1 saturated heterocycles. The molecule has 2 amide bonds. The summed E-state index contributed by atoms with van der Waals surface area (Å²) in [5, 5.41) is 16.1. The number of amides is 2. The minimum atomic E-state index is -0.592. The summed E-state index contributed by atoms with van der Waals surface area (Å²) in [7, 11) is 0. The molecule has 0 saturated carbocycles. The van der Waals surface area contributed by atoms with Crippen molar-refractivity contribution in [2.75, 3.05) is 11.1 Å². The van der Waals surface area contributed by atoms with Crippen molar-refractivity contribution in [3.63, 3.8) is 0 Å². The fourth-order valence-electron chi connectivity index (χ4n) is 5.86. The first-order valence-electron chi connectivity index (χ1n) is 17.1. The first-order chi connectivity index (χ1) is 25.6. The Labute approximate surface area is 307 Å². The lowest BCUT2D eigenvalue weighted by Gasteiger charge is -2.36. The second kappa shape index (κ2) is 17.1. The summed E-state index contributed by atoms with van der Waals surface area (Å²) < 4.78 is 19.0. The van der Waals surface area contributed by atoms with Crippen molar-refractivity contribution in [3.05, 3.63) is 168 Å². The number of rotatable bonds is 12. The molecular formula is C42H38N4O5S. The van der Waals surface area contributed by atoms with Gasteiger partial charge in [-0.1, -0.05) is 90.6 Å². The third-order valence-corrected chi connectivity index (χ3v) is 9.53. The maximum atomic E-state index is 12.8. The van der Waals surface area contributed by atoms with Crippen LogP contribution in [0.1, 0.15) is 41.1 Å². The zero-order valence-electron chi connectivity index (χ0n) is 28.3. The summed E-state index contributed by atoms with van der Waals surface area (Å²) in [4.78, 5) is 21.5. The maximum Gasteiger partial charge on any atom is 0.319 e. The molecule has 1 aromatic heterocycles. The van der Waals surface area contributed by atoms with Crippen LogP contribution < -0.4 is 15.4 Å². The Bertz CT molecular complexity index is 2050. The van der Waals surface area contributed by atoms with E-state index in [1.54, 1.807) is 42.4 Å². The number of aliphatic hydroxyl groups excluding tert-OH is 1.